The summed E-state index contributed by atoms with van der Waals surface area (Å²) in [6.07, 6.45) is 4.76. The van der Waals surface area contributed by atoms with E-state index in [1.165, 1.54) is 0 Å². The van der Waals surface area contributed by atoms with Crippen molar-refractivity contribution in [2.24, 2.45) is 11.8 Å². The van der Waals surface area contributed by atoms with Crippen molar-refractivity contribution in [2.45, 2.75) is 44.6 Å². The van der Waals surface area contributed by atoms with Crippen LogP contribution in [-0.4, -0.2) is 36.2 Å². The van der Waals surface area contributed by atoms with Gasteiger partial charge in [-0.1, -0.05) is 0 Å². The van der Waals surface area contributed by atoms with Gasteiger partial charge in [0.05, 0.1) is 5.92 Å². The summed E-state index contributed by atoms with van der Waals surface area (Å²) in [5.41, 5.74) is 0. The molecule has 1 aliphatic heterocycles. The quantitative estimate of drug-likeness (QED) is 0.790. The smallest absolute Gasteiger partial charge is 0.306 e. The van der Waals surface area contributed by atoms with E-state index in [-0.39, 0.29) is 17.9 Å². The van der Waals surface area contributed by atoms with E-state index < -0.39 is 5.97 Å². The van der Waals surface area contributed by atoms with Gasteiger partial charge in [-0.05, 0) is 44.4 Å². The summed E-state index contributed by atoms with van der Waals surface area (Å²) >= 11 is 0. The Bertz CT molecular complexity index is 304. The zero-order chi connectivity index (χ0) is 13.0. The zero-order valence-corrected chi connectivity index (χ0v) is 10.6. The number of amides is 1. The molecule has 1 saturated carbocycles. The Morgan fingerprint density at radius 3 is 2.44 bits per heavy atom. The maximum atomic E-state index is 11.7. The summed E-state index contributed by atoms with van der Waals surface area (Å²) in [4.78, 5) is 22.5. The normalized spacial score (nSPS) is 32.1. The summed E-state index contributed by atoms with van der Waals surface area (Å²) in [6.45, 7) is 1.34. The van der Waals surface area contributed by atoms with Crippen LogP contribution in [0.1, 0.15) is 38.5 Å². The number of carboxylic acid groups (broad SMARTS) is 1. The van der Waals surface area contributed by atoms with Gasteiger partial charge in [-0.15, -0.1) is 0 Å². The van der Waals surface area contributed by atoms with E-state index in [0.717, 1.165) is 38.5 Å². The van der Waals surface area contributed by atoms with Gasteiger partial charge in [0.1, 0.15) is 6.10 Å². The Hall–Kier alpha value is -1.10. The van der Waals surface area contributed by atoms with Crippen molar-refractivity contribution in [3.8, 4) is 0 Å². The first-order chi connectivity index (χ1) is 8.66. The van der Waals surface area contributed by atoms with Crippen LogP contribution in [0.5, 0.6) is 0 Å². The summed E-state index contributed by atoms with van der Waals surface area (Å²) in [6, 6.07) is 0. The van der Waals surface area contributed by atoms with E-state index in [9.17, 15) is 9.59 Å². The SMILES string of the molecule is O=C(O)C1CCC(CNC(=O)[C@@H]2CCCO2)CC1. The highest BCUT2D eigenvalue weighted by Crippen LogP contribution is 2.28. The molecular weight excluding hydrogens is 234 g/mol. The van der Waals surface area contributed by atoms with Gasteiger partial charge < -0.3 is 15.2 Å². The van der Waals surface area contributed by atoms with Crippen LogP contribution in [0, 0.1) is 11.8 Å². The number of hydrogen-bond acceptors (Lipinski definition) is 3. The monoisotopic (exact) mass is 255 g/mol. The molecular formula is C13H21NO4. The van der Waals surface area contributed by atoms with E-state index in [1.54, 1.807) is 0 Å². The topological polar surface area (TPSA) is 75.6 Å². The Kier molecular flexibility index (Phi) is 4.58. The molecule has 1 aliphatic carbocycles. The van der Waals surface area contributed by atoms with Crippen LogP contribution in [0.15, 0.2) is 0 Å². The predicted molar refractivity (Wildman–Crippen MR) is 65.1 cm³/mol. The van der Waals surface area contributed by atoms with Crippen LogP contribution < -0.4 is 5.32 Å². The van der Waals surface area contributed by atoms with Gasteiger partial charge in [-0.3, -0.25) is 9.59 Å². The van der Waals surface area contributed by atoms with Crippen LogP contribution in [0.25, 0.3) is 0 Å². The van der Waals surface area contributed by atoms with Crippen LogP contribution in [0.4, 0.5) is 0 Å². The van der Waals surface area contributed by atoms with E-state index in [4.69, 9.17) is 9.84 Å². The van der Waals surface area contributed by atoms with Gasteiger partial charge in [0.25, 0.3) is 0 Å². The molecule has 0 aromatic carbocycles. The first kappa shape index (κ1) is 13.3. The molecule has 0 aromatic heterocycles. The Labute approximate surface area is 107 Å². The standard InChI is InChI=1S/C13H21NO4/c15-12(11-2-1-7-18-11)14-8-9-3-5-10(6-4-9)13(16)17/h9-11H,1-8H2,(H,14,15)(H,16,17)/t9?,10?,11-/m0/s1. The number of carbonyl (C=O) groups is 2. The molecule has 0 radical (unpaired) electrons. The predicted octanol–water partition coefficient (Wildman–Crippen LogP) is 1.17. The number of aliphatic carboxylic acids is 1. The number of carbonyl (C=O) groups excluding carboxylic acids is 1. The van der Waals surface area contributed by atoms with Crippen LogP contribution in [0.3, 0.4) is 0 Å². The second-order valence-electron chi connectivity index (χ2n) is 5.30. The first-order valence-electron chi connectivity index (χ1n) is 6.79. The minimum Gasteiger partial charge on any atom is -0.481 e. The molecule has 0 spiro atoms. The van der Waals surface area contributed by atoms with E-state index in [1.807, 2.05) is 0 Å². The second-order valence-corrected chi connectivity index (χ2v) is 5.30. The third-order valence-corrected chi connectivity index (χ3v) is 3.98. The molecule has 0 bridgehead atoms. The van der Waals surface area contributed by atoms with Crippen molar-refractivity contribution >= 4 is 11.9 Å². The van der Waals surface area contributed by atoms with Crippen molar-refractivity contribution in [1.82, 2.24) is 5.32 Å². The largest absolute Gasteiger partial charge is 0.481 e. The molecule has 2 rings (SSSR count). The van der Waals surface area contributed by atoms with E-state index >= 15 is 0 Å². The maximum Gasteiger partial charge on any atom is 0.306 e. The molecule has 1 saturated heterocycles. The summed E-state index contributed by atoms with van der Waals surface area (Å²) in [5.74, 6) is -0.453. The van der Waals surface area contributed by atoms with Gasteiger partial charge in [-0.25, -0.2) is 0 Å². The van der Waals surface area contributed by atoms with Gasteiger partial charge in [0, 0.05) is 13.2 Å². The molecule has 1 heterocycles. The average Bonchev–Trinajstić information content (AvgIpc) is 2.90. The Balaban J connectivity index is 1.65. The molecule has 0 aromatic rings. The number of nitrogens with one attached hydrogen (secondary N) is 1. The highest BCUT2D eigenvalue weighted by atomic mass is 16.5. The fourth-order valence-electron chi connectivity index (χ4n) is 2.76. The third-order valence-electron chi connectivity index (χ3n) is 3.98. The van der Waals surface area contributed by atoms with Crippen molar-refractivity contribution in [2.75, 3.05) is 13.2 Å². The lowest BCUT2D eigenvalue weighted by molar-refractivity contribution is -0.143. The average molecular weight is 255 g/mol. The Morgan fingerprint density at radius 2 is 1.89 bits per heavy atom. The lowest BCUT2D eigenvalue weighted by Gasteiger charge is -2.26. The van der Waals surface area contributed by atoms with Crippen molar-refractivity contribution in [1.29, 1.82) is 0 Å². The van der Waals surface area contributed by atoms with Crippen molar-refractivity contribution < 1.29 is 19.4 Å². The van der Waals surface area contributed by atoms with Crippen LogP contribution >= 0.6 is 0 Å². The molecule has 18 heavy (non-hydrogen) atoms. The number of carboxylic acids is 1. The molecule has 5 nitrogen and oxygen atoms in total. The molecule has 2 fully saturated rings. The minimum absolute atomic E-state index is 0.00661. The minimum atomic E-state index is -0.683. The van der Waals surface area contributed by atoms with E-state index in [2.05, 4.69) is 5.32 Å². The molecule has 2 N–H and O–H groups in total. The molecule has 5 heteroatoms. The van der Waals surface area contributed by atoms with Crippen LogP contribution in [-0.2, 0) is 14.3 Å². The summed E-state index contributed by atoms with van der Waals surface area (Å²) in [5, 5.41) is 11.8. The van der Waals surface area contributed by atoms with Gasteiger partial charge in [0.15, 0.2) is 0 Å². The lowest BCUT2D eigenvalue weighted by atomic mass is 9.82. The lowest BCUT2D eigenvalue weighted by Crippen LogP contribution is -2.38. The van der Waals surface area contributed by atoms with Crippen molar-refractivity contribution in [3.05, 3.63) is 0 Å². The molecule has 1 amide bonds. The second kappa shape index (κ2) is 6.18. The van der Waals surface area contributed by atoms with Gasteiger partial charge in [0.2, 0.25) is 5.91 Å². The molecule has 0 unspecified atom stereocenters. The summed E-state index contributed by atoms with van der Waals surface area (Å²) < 4.78 is 5.31. The molecule has 102 valence electrons. The van der Waals surface area contributed by atoms with Gasteiger partial charge in [-0.2, -0.15) is 0 Å². The number of rotatable bonds is 4. The maximum absolute atomic E-state index is 11.7. The first-order valence-corrected chi connectivity index (χ1v) is 6.79. The Morgan fingerprint density at radius 1 is 1.17 bits per heavy atom. The fourth-order valence-corrected chi connectivity index (χ4v) is 2.76. The number of hydrogen-bond donors (Lipinski definition) is 2. The highest BCUT2D eigenvalue weighted by Gasteiger charge is 2.27. The highest BCUT2D eigenvalue weighted by molar-refractivity contribution is 5.80. The third kappa shape index (κ3) is 3.45. The summed E-state index contributed by atoms with van der Waals surface area (Å²) in [7, 11) is 0. The fraction of sp³-hybridized carbons (Fsp3) is 0.846. The molecule has 1 atom stereocenters. The van der Waals surface area contributed by atoms with Crippen molar-refractivity contribution in [3.63, 3.8) is 0 Å². The van der Waals surface area contributed by atoms with Gasteiger partial charge >= 0.3 is 5.97 Å². The zero-order valence-electron chi connectivity index (χ0n) is 10.6. The van der Waals surface area contributed by atoms with E-state index in [0.29, 0.717) is 19.1 Å². The molecule has 2 aliphatic rings. The van der Waals surface area contributed by atoms with Crippen LogP contribution in [0.2, 0.25) is 0 Å². The number of ether oxygens (including phenoxy) is 1.